The molecule has 0 radical (unpaired) electrons. The van der Waals surface area contributed by atoms with Gasteiger partial charge in [0.15, 0.2) is 12.4 Å². The molecule has 0 unspecified atom stereocenters. The van der Waals surface area contributed by atoms with Crippen LogP contribution in [0.3, 0.4) is 0 Å². The Morgan fingerprint density at radius 3 is 2.47 bits per heavy atom. The zero-order valence-corrected chi connectivity index (χ0v) is 21.5. The summed E-state index contributed by atoms with van der Waals surface area (Å²) >= 11 is 5.89. The first-order valence-electron chi connectivity index (χ1n) is 11.2. The number of carbonyl (C=O) groups excluding carboxylic acids is 1. The maximum absolute atomic E-state index is 13.1. The van der Waals surface area contributed by atoms with Crippen LogP contribution in [0.4, 0.5) is 5.69 Å². The van der Waals surface area contributed by atoms with Crippen molar-refractivity contribution in [2.75, 3.05) is 12.4 Å². The Morgan fingerprint density at radius 1 is 0.974 bits per heavy atom. The average molecular weight is 550 g/mol. The largest absolute Gasteiger partial charge is 0.497 e. The van der Waals surface area contributed by atoms with Crippen LogP contribution >= 0.6 is 11.6 Å². The number of benzene rings is 3. The molecule has 5 aromatic rings. The van der Waals surface area contributed by atoms with E-state index in [1.165, 1.54) is 65.1 Å². The number of tetrazole rings is 1. The van der Waals surface area contributed by atoms with Gasteiger partial charge in [-0.05, 0) is 47.7 Å². The summed E-state index contributed by atoms with van der Waals surface area (Å²) in [6.07, 6.45) is 1.60. The third-order valence-electron chi connectivity index (χ3n) is 5.44. The normalized spacial score (nSPS) is 11.3. The molecule has 2 heterocycles. The lowest BCUT2D eigenvalue weighted by Crippen LogP contribution is -2.16. The summed E-state index contributed by atoms with van der Waals surface area (Å²) in [7, 11) is -2.49. The number of carbonyl (C=O) groups is 1. The Bertz CT molecular complexity index is 1700. The lowest BCUT2D eigenvalue weighted by atomic mass is 10.2. The van der Waals surface area contributed by atoms with Crippen molar-refractivity contribution in [2.45, 2.75) is 16.5 Å². The molecule has 0 aliphatic heterocycles. The van der Waals surface area contributed by atoms with E-state index < -0.39 is 15.7 Å². The number of amides is 1. The number of ether oxygens (including phenoxy) is 1. The molecule has 38 heavy (non-hydrogen) atoms. The zero-order valence-electron chi connectivity index (χ0n) is 19.9. The zero-order chi connectivity index (χ0) is 26.7. The number of nitrogens with one attached hydrogen (secondary N) is 1. The van der Waals surface area contributed by atoms with Crippen LogP contribution in [0.5, 0.6) is 5.75 Å². The summed E-state index contributed by atoms with van der Waals surface area (Å²) in [4.78, 5) is 14.3. The molecular formula is C25H20ClN7O4S. The molecular weight excluding hydrogens is 530 g/mol. The van der Waals surface area contributed by atoms with Crippen molar-refractivity contribution in [1.82, 2.24) is 30.0 Å². The SMILES string of the molecule is COc1cc(NC(=O)c2ccn(Cn3nnc(-c4ccccc4)n3)n2)cc(S(=O)(=O)c2ccc(Cl)cc2)c1. The Kier molecular flexibility index (Phi) is 6.90. The summed E-state index contributed by atoms with van der Waals surface area (Å²) in [5.41, 5.74) is 1.16. The predicted octanol–water partition coefficient (Wildman–Crippen LogP) is 3.79. The van der Waals surface area contributed by atoms with Crippen LogP contribution in [0, 0.1) is 0 Å². The number of anilines is 1. The van der Waals surface area contributed by atoms with Crippen LogP contribution in [0.2, 0.25) is 5.02 Å². The van der Waals surface area contributed by atoms with E-state index in [-0.39, 0.29) is 33.6 Å². The molecule has 5 rings (SSSR count). The van der Waals surface area contributed by atoms with Gasteiger partial charge in [0, 0.05) is 28.5 Å². The molecule has 0 aliphatic rings. The lowest BCUT2D eigenvalue weighted by Gasteiger charge is -2.11. The van der Waals surface area contributed by atoms with Gasteiger partial charge in [-0.3, -0.25) is 4.79 Å². The maximum atomic E-state index is 13.1. The molecule has 1 amide bonds. The molecule has 192 valence electrons. The average Bonchev–Trinajstić information content (AvgIpc) is 3.59. The molecule has 13 heteroatoms. The molecule has 0 bridgehead atoms. The minimum Gasteiger partial charge on any atom is -0.497 e. The van der Waals surface area contributed by atoms with Crippen LogP contribution in [-0.4, -0.2) is 51.4 Å². The number of methoxy groups -OCH3 is 1. The van der Waals surface area contributed by atoms with Gasteiger partial charge in [-0.1, -0.05) is 41.9 Å². The van der Waals surface area contributed by atoms with Crippen molar-refractivity contribution in [3.05, 3.63) is 95.8 Å². The van der Waals surface area contributed by atoms with E-state index in [0.717, 1.165) is 5.56 Å². The number of halogens is 1. The fourth-order valence-corrected chi connectivity index (χ4v) is 5.00. The van der Waals surface area contributed by atoms with E-state index in [1.807, 2.05) is 30.3 Å². The van der Waals surface area contributed by atoms with Gasteiger partial charge in [0.1, 0.15) is 5.75 Å². The summed E-state index contributed by atoms with van der Waals surface area (Å²) in [5, 5.41) is 19.8. The molecule has 0 saturated carbocycles. The van der Waals surface area contributed by atoms with Gasteiger partial charge in [-0.15, -0.1) is 15.0 Å². The monoisotopic (exact) mass is 549 g/mol. The number of rotatable bonds is 8. The van der Waals surface area contributed by atoms with Gasteiger partial charge in [0.25, 0.3) is 5.91 Å². The molecule has 11 nitrogen and oxygen atoms in total. The fourth-order valence-electron chi connectivity index (χ4n) is 3.56. The van der Waals surface area contributed by atoms with Crippen LogP contribution < -0.4 is 10.1 Å². The van der Waals surface area contributed by atoms with E-state index in [9.17, 15) is 13.2 Å². The molecule has 2 aromatic heterocycles. The topological polar surface area (TPSA) is 134 Å². The van der Waals surface area contributed by atoms with E-state index >= 15 is 0 Å². The summed E-state index contributed by atoms with van der Waals surface area (Å²) in [5.74, 6) is 0.189. The van der Waals surface area contributed by atoms with Crippen molar-refractivity contribution in [1.29, 1.82) is 0 Å². The van der Waals surface area contributed by atoms with Crippen LogP contribution in [0.1, 0.15) is 10.5 Å². The molecule has 0 aliphatic carbocycles. The lowest BCUT2D eigenvalue weighted by molar-refractivity contribution is 0.102. The summed E-state index contributed by atoms with van der Waals surface area (Å²) in [6.45, 7) is 0.135. The van der Waals surface area contributed by atoms with Crippen molar-refractivity contribution >= 4 is 33.0 Å². The second kappa shape index (κ2) is 10.4. The van der Waals surface area contributed by atoms with E-state index in [1.54, 1.807) is 6.20 Å². The second-order valence-corrected chi connectivity index (χ2v) is 10.4. The minimum atomic E-state index is -3.89. The smallest absolute Gasteiger partial charge is 0.276 e. The fraction of sp³-hybridized carbons (Fsp3) is 0.0800. The van der Waals surface area contributed by atoms with E-state index in [0.29, 0.717) is 10.8 Å². The quantitative estimate of drug-likeness (QED) is 0.309. The summed E-state index contributed by atoms with van der Waals surface area (Å²) < 4.78 is 33.0. The predicted molar refractivity (Wildman–Crippen MR) is 139 cm³/mol. The molecule has 3 aromatic carbocycles. The standard InChI is InChI=1S/C25H20ClN7O4S/c1-37-20-13-19(14-22(15-20)38(35,36)21-9-7-18(26)8-10-21)27-25(34)23-11-12-32(29-23)16-33-30-24(28-31-33)17-5-3-2-4-6-17/h2-15H,16H2,1H3,(H,27,34). The number of sulfone groups is 1. The Hall–Kier alpha value is -4.55. The number of hydrogen-bond donors (Lipinski definition) is 1. The highest BCUT2D eigenvalue weighted by Gasteiger charge is 2.21. The first kappa shape index (κ1) is 25.1. The molecule has 0 atom stereocenters. The summed E-state index contributed by atoms with van der Waals surface area (Å²) in [6, 6.07) is 21.0. The van der Waals surface area contributed by atoms with Crippen LogP contribution in [0.25, 0.3) is 11.4 Å². The Balaban J connectivity index is 1.32. The number of aromatic nitrogens is 6. The Labute approximate surface area is 222 Å². The van der Waals surface area contributed by atoms with Crippen molar-refractivity contribution in [2.24, 2.45) is 0 Å². The third kappa shape index (κ3) is 5.41. The Morgan fingerprint density at radius 2 is 1.74 bits per heavy atom. The van der Waals surface area contributed by atoms with Gasteiger partial charge in [0.05, 0.1) is 16.9 Å². The molecule has 0 fully saturated rings. The minimum absolute atomic E-state index is 0.0496. The third-order valence-corrected chi connectivity index (χ3v) is 7.44. The highest BCUT2D eigenvalue weighted by molar-refractivity contribution is 7.91. The van der Waals surface area contributed by atoms with E-state index in [2.05, 4.69) is 25.8 Å². The first-order valence-corrected chi connectivity index (χ1v) is 13.1. The van der Waals surface area contributed by atoms with Crippen LogP contribution in [-0.2, 0) is 16.5 Å². The van der Waals surface area contributed by atoms with Gasteiger partial charge < -0.3 is 10.1 Å². The van der Waals surface area contributed by atoms with Gasteiger partial charge in [0.2, 0.25) is 15.7 Å². The van der Waals surface area contributed by atoms with Gasteiger partial charge >= 0.3 is 0 Å². The van der Waals surface area contributed by atoms with Crippen molar-refractivity contribution < 1.29 is 17.9 Å². The molecule has 0 spiro atoms. The highest BCUT2D eigenvalue weighted by atomic mass is 35.5. The van der Waals surface area contributed by atoms with E-state index in [4.69, 9.17) is 16.3 Å². The number of nitrogens with zero attached hydrogens (tertiary/aromatic N) is 6. The highest BCUT2D eigenvalue weighted by Crippen LogP contribution is 2.29. The molecule has 1 N–H and O–H groups in total. The maximum Gasteiger partial charge on any atom is 0.276 e. The van der Waals surface area contributed by atoms with Crippen molar-refractivity contribution in [3.8, 4) is 17.1 Å². The molecule has 0 saturated heterocycles. The van der Waals surface area contributed by atoms with Crippen molar-refractivity contribution in [3.63, 3.8) is 0 Å². The first-order chi connectivity index (χ1) is 18.3. The van der Waals surface area contributed by atoms with Gasteiger partial charge in [-0.2, -0.15) is 5.10 Å². The number of hydrogen-bond acceptors (Lipinski definition) is 8. The second-order valence-electron chi connectivity index (χ2n) is 8.04. The van der Waals surface area contributed by atoms with Gasteiger partial charge in [-0.25, -0.2) is 13.1 Å². The van der Waals surface area contributed by atoms with Crippen LogP contribution in [0.15, 0.2) is 94.9 Å².